The molecule has 1 N–H and O–H groups in total. The Morgan fingerprint density at radius 2 is 2.13 bits per heavy atom. The van der Waals surface area contributed by atoms with Crippen LogP contribution >= 0.6 is 23.4 Å². The molecule has 0 aliphatic carbocycles. The van der Waals surface area contributed by atoms with Crippen LogP contribution < -0.4 is 4.74 Å². The third-order valence-electron chi connectivity index (χ3n) is 4.48. The summed E-state index contributed by atoms with van der Waals surface area (Å²) < 4.78 is 24.1. The first kappa shape index (κ1) is 20.2. The van der Waals surface area contributed by atoms with Crippen LogP contribution in [0.5, 0.6) is 5.88 Å². The molecule has 3 aromatic heterocycles. The molecule has 0 spiro atoms. The van der Waals surface area contributed by atoms with Crippen molar-refractivity contribution in [3.05, 3.63) is 59.3 Å². The highest BCUT2D eigenvalue weighted by atomic mass is 35.5. The summed E-state index contributed by atoms with van der Waals surface area (Å²) in [6.07, 6.45) is 3.39. The maximum absolute atomic E-state index is 15.1. The van der Waals surface area contributed by atoms with Gasteiger partial charge < -0.3 is 9.84 Å². The molecule has 4 rings (SSSR count). The minimum absolute atomic E-state index is 0.0191. The minimum atomic E-state index is -1.13. The van der Waals surface area contributed by atoms with Gasteiger partial charge in [0.15, 0.2) is 5.82 Å². The Labute approximate surface area is 180 Å². The van der Waals surface area contributed by atoms with Gasteiger partial charge in [-0.25, -0.2) is 14.2 Å². The van der Waals surface area contributed by atoms with E-state index in [4.69, 9.17) is 16.3 Å². The van der Waals surface area contributed by atoms with Crippen molar-refractivity contribution in [2.45, 2.75) is 23.4 Å². The molecule has 0 aliphatic heterocycles. The number of rotatable bonds is 6. The molecule has 154 valence electrons. The van der Waals surface area contributed by atoms with E-state index < -0.39 is 11.8 Å². The number of aryl methyl sites for hydroxylation is 1. The molecule has 0 saturated heterocycles. The maximum atomic E-state index is 15.1. The zero-order valence-corrected chi connectivity index (χ0v) is 17.5. The Kier molecular flexibility index (Phi) is 5.40. The molecule has 1 aromatic carbocycles. The Bertz CT molecular complexity index is 1270. The fourth-order valence-corrected chi connectivity index (χ4v) is 4.31. The molecule has 10 heteroatoms. The summed E-state index contributed by atoms with van der Waals surface area (Å²) in [5, 5.41) is 14.5. The molecule has 0 radical (unpaired) electrons. The molecule has 0 amide bonds. The number of ether oxygens (including phenoxy) is 1. The van der Waals surface area contributed by atoms with Crippen molar-refractivity contribution in [2.24, 2.45) is 0 Å². The van der Waals surface area contributed by atoms with Gasteiger partial charge in [-0.1, -0.05) is 29.4 Å². The van der Waals surface area contributed by atoms with Gasteiger partial charge in [-0.15, -0.1) is 0 Å². The number of carbonyl (C=O) groups is 1. The first-order chi connectivity index (χ1) is 14.4. The van der Waals surface area contributed by atoms with E-state index in [1.54, 1.807) is 39.8 Å². The number of hydrogen-bond donors (Lipinski definition) is 1. The van der Waals surface area contributed by atoms with E-state index in [1.165, 1.54) is 31.0 Å². The van der Waals surface area contributed by atoms with Crippen molar-refractivity contribution in [3.63, 3.8) is 0 Å². The van der Waals surface area contributed by atoms with Crippen LogP contribution in [0.1, 0.15) is 17.4 Å². The summed E-state index contributed by atoms with van der Waals surface area (Å²) in [6, 6.07) is 7.87. The third-order valence-corrected chi connectivity index (χ3v) is 5.81. The van der Waals surface area contributed by atoms with Crippen LogP contribution in [0, 0.1) is 5.82 Å². The van der Waals surface area contributed by atoms with E-state index in [1.807, 2.05) is 6.92 Å². The van der Waals surface area contributed by atoms with E-state index in [2.05, 4.69) is 10.1 Å². The van der Waals surface area contributed by atoms with Crippen molar-refractivity contribution in [3.8, 4) is 11.6 Å². The van der Waals surface area contributed by atoms with Crippen LogP contribution in [0.2, 0.25) is 5.02 Å². The highest BCUT2D eigenvalue weighted by Gasteiger charge is 2.25. The van der Waals surface area contributed by atoms with Crippen molar-refractivity contribution in [2.75, 3.05) is 7.11 Å². The molecule has 0 saturated carbocycles. The number of pyridine rings is 1. The second kappa shape index (κ2) is 8.00. The molecule has 0 aliphatic rings. The smallest absolute Gasteiger partial charge is 0.354 e. The zero-order chi connectivity index (χ0) is 21.4. The number of nitrogens with zero attached hydrogens (tertiary/aromatic N) is 4. The molecule has 0 fully saturated rings. The zero-order valence-electron chi connectivity index (χ0n) is 16.0. The number of methoxy groups -OCH3 is 1. The van der Waals surface area contributed by atoms with E-state index in [9.17, 15) is 9.90 Å². The largest absolute Gasteiger partial charge is 0.481 e. The van der Waals surface area contributed by atoms with Gasteiger partial charge in [-0.2, -0.15) is 5.10 Å². The lowest BCUT2D eigenvalue weighted by atomic mass is 10.2. The van der Waals surface area contributed by atoms with Crippen molar-refractivity contribution in [1.82, 2.24) is 19.3 Å². The molecular weight excluding hydrogens is 431 g/mol. The number of fused-ring (bicyclic) bond motifs is 1. The lowest BCUT2D eigenvalue weighted by Crippen LogP contribution is -2.00. The van der Waals surface area contributed by atoms with Crippen LogP contribution in [0.4, 0.5) is 4.39 Å². The van der Waals surface area contributed by atoms with Gasteiger partial charge in [0.25, 0.3) is 0 Å². The minimum Gasteiger partial charge on any atom is -0.481 e. The first-order valence-corrected chi connectivity index (χ1v) is 10.1. The average Bonchev–Trinajstić information content (AvgIpc) is 3.33. The number of hydrogen-bond acceptors (Lipinski definition) is 5. The summed E-state index contributed by atoms with van der Waals surface area (Å²) in [5.74, 6) is -1.35. The number of aromatic nitrogens is 4. The van der Waals surface area contributed by atoms with Crippen LogP contribution in [0.15, 0.2) is 52.6 Å². The summed E-state index contributed by atoms with van der Waals surface area (Å²) >= 11 is 7.25. The van der Waals surface area contributed by atoms with Gasteiger partial charge in [0.05, 0.1) is 34.4 Å². The third kappa shape index (κ3) is 3.40. The van der Waals surface area contributed by atoms with Crippen LogP contribution in [-0.2, 0) is 6.54 Å². The second-order valence-corrected chi connectivity index (χ2v) is 7.69. The quantitative estimate of drug-likeness (QED) is 0.454. The standard InChI is InChI=1S/C20H16ClFN4O3S/c1-3-25-10-11(9-23-25)26-17-12(7-8-13(21)16(17)22)18(19(26)29-2)30-15-6-4-5-14(24-15)20(27)28/h4-10H,3H2,1-2H3,(H,27,28). The van der Waals surface area contributed by atoms with E-state index >= 15 is 4.39 Å². The van der Waals surface area contributed by atoms with Crippen LogP contribution in [-0.4, -0.2) is 37.5 Å². The summed E-state index contributed by atoms with van der Waals surface area (Å²) in [6.45, 7) is 2.60. The van der Waals surface area contributed by atoms with Gasteiger partial charge in [0.2, 0.25) is 5.88 Å². The topological polar surface area (TPSA) is 82.2 Å². The summed E-state index contributed by atoms with van der Waals surface area (Å²) in [7, 11) is 1.49. The molecule has 7 nitrogen and oxygen atoms in total. The number of carboxylic acids is 1. The number of halogens is 2. The highest BCUT2D eigenvalue weighted by molar-refractivity contribution is 7.99. The first-order valence-electron chi connectivity index (χ1n) is 8.92. The van der Waals surface area contributed by atoms with E-state index in [-0.39, 0.29) is 16.2 Å². The fraction of sp³-hybridized carbons (Fsp3) is 0.150. The summed E-state index contributed by atoms with van der Waals surface area (Å²) in [4.78, 5) is 16.0. The summed E-state index contributed by atoms with van der Waals surface area (Å²) in [5.41, 5.74) is 0.770. The maximum Gasteiger partial charge on any atom is 0.354 e. The lowest BCUT2D eigenvalue weighted by molar-refractivity contribution is 0.0689. The predicted molar refractivity (Wildman–Crippen MR) is 112 cm³/mol. The Morgan fingerprint density at radius 3 is 2.80 bits per heavy atom. The molecule has 30 heavy (non-hydrogen) atoms. The molecule has 4 aromatic rings. The fourth-order valence-electron chi connectivity index (χ4n) is 3.13. The number of benzene rings is 1. The Morgan fingerprint density at radius 1 is 1.33 bits per heavy atom. The predicted octanol–water partition coefficient (Wildman–Crippen LogP) is 4.89. The van der Waals surface area contributed by atoms with Gasteiger partial charge in [-0.05, 0) is 31.2 Å². The van der Waals surface area contributed by atoms with E-state index in [0.29, 0.717) is 33.4 Å². The Balaban J connectivity index is 1.97. The van der Waals surface area contributed by atoms with Crippen molar-refractivity contribution < 1.29 is 19.0 Å². The van der Waals surface area contributed by atoms with Crippen LogP contribution in [0.25, 0.3) is 16.6 Å². The van der Waals surface area contributed by atoms with Gasteiger partial charge in [-0.3, -0.25) is 9.25 Å². The Hall–Kier alpha value is -3.04. The highest BCUT2D eigenvalue weighted by Crippen LogP contribution is 2.45. The lowest BCUT2D eigenvalue weighted by Gasteiger charge is -2.09. The van der Waals surface area contributed by atoms with Crippen molar-refractivity contribution >= 4 is 40.2 Å². The number of aromatic carboxylic acids is 1. The SMILES string of the molecule is CCn1cc(-n2c(OC)c(Sc3cccc(C(=O)O)n3)c3ccc(Cl)c(F)c32)cn1. The molecule has 0 bridgehead atoms. The van der Waals surface area contributed by atoms with E-state index in [0.717, 1.165) is 0 Å². The molecule has 0 unspecified atom stereocenters. The molecule has 0 atom stereocenters. The van der Waals surface area contributed by atoms with Gasteiger partial charge >= 0.3 is 5.97 Å². The average molecular weight is 447 g/mol. The van der Waals surface area contributed by atoms with Crippen molar-refractivity contribution in [1.29, 1.82) is 0 Å². The van der Waals surface area contributed by atoms with Gasteiger partial charge in [0, 0.05) is 18.1 Å². The van der Waals surface area contributed by atoms with Crippen LogP contribution in [0.3, 0.4) is 0 Å². The molecule has 3 heterocycles. The molecular formula is C20H16ClFN4O3S. The van der Waals surface area contributed by atoms with Gasteiger partial charge in [0.1, 0.15) is 10.7 Å². The second-order valence-electron chi connectivity index (χ2n) is 6.25. The monoisotopic (exact) mass is 446 g/mol. The number of carboxylic acid groups (broad SMARTS) is 1. The normalized spacial score (nSPS) is 11.2.